The van der Waals surface area contributed by atoms with Gasteiger partial charge in [0.25, 0.3) is 0 Å². The molecule has 0 spiro atoms. The second-order valence-electron chi connectivity index (χ2n) is 4.48. The van der Waals surface area contributed by atoms with Crippen LogP contribution < -0.4 is 15.4 Å². The summed E-state index contributed by atoms with van der Waals surface area (Å²) in [6, 6.07) is 0.717. The minimum atomic E-state index is 0.310. The standard InChI is InChI=1S/C12H20N4O/c1-3-17-12-8-14-7-11(15-12)16-5-4-10(13)6-9(16)2/h7-10H,3-6,13H2,1-2H3. The molecule has 5 heteroatoms. The summed E-state index contributed by atoms with van der Waals surface area (Å²) in [6.07, 6.45) is 5.44. The minimum absolute atomic E-state index is 0.310. The van der Waals surface area contributed by atoms with Crippen molar-refractivity contribution in [3.8, 4) is 5.88 Å². The maximum Gasteiger partial charge on any atom is 0.234 e. The number of hydrogen-bond donors (Lipinski definition) is 1. The van der Waals surface area contributed by atoms with Crippen molar-refractivity contribution >= 4 is 5.82 Å². The Hall–Kier alpha value is -1.36. The summed E-state index contributed by atoms with van der Waals surface area (Å²) in [5.41, 5.74) is 5.96. The van der Waals surface area contributed by atoms with E-state index in [9.17, 15) is 0 Å². The molecule has 1 aromatic rings. The van der Waals surface area contributed by atoms with Crippen LogP contribution in [0.3, 0.4) is 0 Å². The number of ether oxygens (including phenoxy) is 1. The van der Waals surface area contributed by atoms with Gasteiger partial charge >= 0.3 is 0 Å². The zero-order valence-electron chi connectivity index (χ0n) is 10.5. The van der Waals surface area contributed by atoms with Gasteiger partial charge in [0.2, 0.25) is 5.88 Å². The van der Waals surface area contributed by atoms with Crippen LogP contribution >= 0.6 is 0 Å². The Kier molecular flexibility index (Phi) is 3.78. The third-order valence-electron chi connectivity index (χ3n) is 3.10. The molecule has 2 N–H and O–H groups in total. The zero-order valence-corrected chi connectivity index (χ0v) is 10.5. The lowest BCUT2D eigenvalue weighted by Gasteiger charge is -2.37. The molecule has 1 aromatic heterocycles. The molecule has 0 aliphatic carbocycles. The monoisotopic (exact) mass is 236 g/mol. The van der Waals surface area contributed by atoms with Gasteiger partial charge in [0.05, 0.1) is 19.0 Å². The van der Waals surface area contributed by atoms with Gasteiger partial charge in [-0.25, -0.2) is 0 Å². The number of nitrogens with two attached hydrogens (primary N) is 1. The van der Waals surface area contributed by atoms with E-state index < -0.39 is 0 Å². The molecule has 5 nitrogen and oxygen atoms in total. The van der Waals surface area contributed by atoms with Crippen LogP contribution in [0.1, 0.15) is 26.7 Å². The van der Waals surface area contributed by atoms with Crippen molar-refractivity contribution in [3.63, 3.8) is 0 Å². The van der Waals surface area contributed by atoms with Crippen LogP contribution in [0.25, 0.3) is 0 Å². The highest BCUT2D eigenvalue weighted by molar-refractivity contribution is 5.39. The van der Waals surface area contributed by atoms with E-state index in [-0.39, 0.29) is 0 Å². The SMILES string of the molecule is CCOc1cncc(N2CCC(N)CC2C)n1. The summed E-state index contributed by atoms with van der Waals surface area (Å²) >= 11 is 0. The quantitative estimate of drug-likeness (QED) is 0.854. The molecule has 0 aromatic carbocycles. The molecular formula is C12H20N4O. The van der Waals surface area contributed by atoms with E-state index in [1.807, 2.05) is 6.92 Å². The predicted octanol–water partition coefficient (Wildman–Crippen LogP) is 1.19. The molecule has 0 bridgehead atoms. The van der Waals surface area contributed by atoms with Gasteiger partial charge in [-0.2, -0.15) is 4.98 Å². The molecule has 17 heavy (non-hydrogen) atoms. The average molecular weight is 236 g/mol. The first-order valence-electron chi connectivity index (χ1n) is 6.17. The fourth-order valence-electron chi connectivity index (χ4n) is 2.24. The zero-order chi connectivity index (χ0) is 12.3. The summed E-state index contributed by atoms with van der Waals surface area (Å²) < 4.78 is 5.37. The second kappa shape index (κ2) is 5.31. The lowest BCUT2D eigenvalue weighted by Crippen LogP contribution is -2.46. The molecule has 2 atom stereocenters. The Morgan fingerprint density at radius 3 is 3.06 bits per heavy atom. The fraction of sp³-hybridized carbons (Fsp3) is 0.667. The van der Waals surface area contributed by atoms with E-state index in [0.29, 0.717) is 24.6 Å². The molecule has 94 valence electrons. The van der Waals surface area contributed by atoms with E-state index in [4.69, 9.17) is 10.5 Å². The summed E-state index contributed by atoms with van der Waals surface area (Å²) in [6.45, 7) is 5.66. The van der Waals surface area contributed by atoms with Crippen LogP contribution in [0, 0.1) is 0 Å². The first kappa shape index (κ1) is 12.1. The number of anilines is 1. The molecule has 0 radical (unpaired) electrons. The Bertz CT molecular complexity index is 371. The van der Waals surface area contributed by atoms with Crippen molar-refractivity contribution in [2.45, 2.75) is 38.8 Å². The predicted molar refractivity (Wildman–Crippen MR) is 67.2 cm³/mol. The van der Waals surface area contributed by atoms with Gasteiger partial charge in [-0.15, -0.1) is 0 Å². The van der Waals surface area contributed by atoms with Crippen LogP contribution in [-0.4, -0.2) is 35.2 Å². The van der Waals surface area contributed by atoms with Crippen molar-refractivity contribution in [2.24, 2.45) is 5.73 Å². The smallest absolute Gasteiger partial charge is 0.234 e. The van der Waals surface area contributed by atoms with Crippen LogP contribution in [-0.2, 0) is 0 Å². The molecule has 0 saturated carbocycles. The third-order valence-corrected chi connectivity index (χ3v) is 3.10. The number of hydrogen-bond acceptors (Lipinski definition) is 5. The highest BCUT2D eigenvalue weighted by atomic mass is 16.5. The lowest BCUT2D eigenvalue weighted by molar-refractivity contribution is 0.324. The van der Waals surface area contributed by atoms with E-state index in [0.717, 1.165) is 25.2 Å². The summed E-state index contributed by atoms with van der Waals surface area (Å²) in [5, 5.41) is 0. The first-order valence-corrected chi connectivity index (χ1v) is 6.17. The molecule has 1 fully saturated rings. The number of rotatable bonds is 3. The van der Waals surface area contributed by atoms with Gasteiger partial charge in [0.1, 0.15) is 0 Å². The van der Waals surface area contributed by atoms with Gasteiger partial charge in [-0.1, -0.05) is 0 Å². The van der Waals surface area contributed by atoms with E-state index in [1.54, 1.807) is 12.4 Å². The van der Waals surface area contributed by atoms with Crippen molar-refractivity contribution in [2.75, 3.05) is 18.1 Å². The topological polar surface area (TPSA) is 64.3 Å². The van der Waals surface area contributed by atoms with Crippen molar-refractivity contribution in [1.29, 1.82) is 0 Å². The second-order valence-corrected chi connectivity index (χ2v) is 4.48. The van der Waals surface area contributed by atoms with Crippen molar-refractivity contribution in [3.05, 3.63) is 12.4 Å². The maximum atomic E-state index is 5.96. The van der Waals surface area contributed by atoms with E-state index in [2.05, 4.69) is 21.8 Å². The van der Waals surface area contributed by atoms with Crippen molar-refractivity contribution in [1.82, 2.24) is 9.97 Å². The number of piperidine rings is 1. The van der Waals surface area contributed by atoms with Gasteiger partial charge in [0.15, 0.2) is 5.82 Å². The largest absolute Gasteiger partial charge is 0.477 e. The highest BCUT2D eigenvalue weighted by Gasteiger charge is 2.24. The van der Waals surface area contributed by atoms with E-state index >= 15 is 0 Å². The number of nitrogens with zero attached hydrogens (tertiary/aromatic N) is 3. The molecule has 2 rings (SSSR count). The maximum absolute atomic E-state index is 5.96. The van der Waals surface area contributed by atoms with Crippen LogP contribution in [0.15, 0.2) is 12.4 Å². The summed E-state index contributed by atoms with van der Waals surface area (Å²) in [5.74, 6) is 1.47. The summed E-state index contributed by atoms with van der Waals surface area (Å²) in [4.78, 5) is 10.9. The summed E-state index contributed by atoms with van der Waals surface area (Å²) in [7, 11) is 0. The molecule has 1 aliphatic heterocycles. The Labute approximate surface area is 102 Å². The van der Waals surface area contributed by atoms with Gasteiger partial charge < -0.3 is 15.4 Å². The Morgan fingerprint density at radius 2 is 2.35 bits per heavy atom. The third kappa shape index (κ3) is 2.85. The highest BCUT2D eigenvalue weighted by Crippen LogP contribution is 2.23. The van der Waals surface area contributed by atoms with Gasteiger partial charge in [0, 0.05) is 18.6 Å². The molecule has 1 saturated heterocycles. The van der Waals surface area contributed by atoms with Crippen LogP contribution in [0.2, 0.25) is 0 Å². The fourth-order valence-corrected chi connectivity index (χ4v) is 2.24. The Balaban J connectivity index is 2.13. The molecule has 1 aliphatic rings. The molecule has 2 unspecified atom stereocenters. The molecular weight excluding hydrogens is 216 g/mol. The minimum Gasteiger partial charge on any atom is -0.477 e. The van der Waals surface area contributed by atoms with E-state index in [1.165, 1.54) is 0 Å². The Morgan fingerprint density at radius 1 is 1.53 bits per heavy atom. The van der Waals surface area contributed by atoms with Crippen molar-refractivity contribution < 1.29 is 4.74 Å². The first-order chi connectivity index (χ1) is 8.20. The van der Waals surface area contributed by atoms with Gasteiger partial charge in [-0.05, 0) is 26.7 Å². The average Bonchev–Trinajstić information content (AvgIpc) is 2.29. The molecule has 0 amide bonds. The molecule has 2 heterocycles. The van der Waals surface area contributed by atoms with Gasteiger partial charge in [-0.3, -0.25) is 4.98 Å². The lowest BCUT2D eigenvalue weighted by atomic mass is 9.99. The van der Waals surface area contributed by atoms with Crippen LogP contribution in [0.4, 0.5) is 5.82 Å². The number of aromatic nitrogens is 2. The normalized spacial score (nSPS) is 24.8. The van der Waals surface area contributed by atoms with Crippen LogP contribution in [0.5, 0.6) is 5.88 Å².